The SMILES string of the molecule is Cc1ccc(-c2ocnc2C(=O)NCCc2ccn(C(C)C)n2)cc1. The smallest absolute Gasteiger partial charge is 0.273 e. The number of aromatic nitrogens is 3. The minimum Gasteiger partial charge on any atom is -0.443 e. The quantitative estimate of drug-likeness (QED) is 0.747. The molecule has 130 valence electrons. The molecule has 0 aliphatic heterocycles. The van der Waals surface area contributed by atoms with Crippen molar-refractivity contribution in [3.05, 3.63) is 59.9 Å². The fraction of sp³-hybridized carbons (Fsp3) is 0.316. The Bertz CT molecular complexity index is 846. The summed E-state index contributed by atoms with van der Waals surface area (Å²) in [5.41, 5.74) is 3.24. The molecule has 0 saturated carbocycles. The van der Waals surface area contributed by atoms with E-state index in [9.17, 15) is 4.79 Å². The lowest BCUT2D eigenvalue weighted by molar-refractivity contribution is 0.0950. The van der Waals surface area contributed by atoms with E-state index in [4.69, 9.17) is 4.42 Å². The number of amides is 1. The van der Waals surface area contributed by atoms with Crippen LogP contribution >= 0.6 is 0 Å². The third kappa shape index (κ3) is 3.96. The molecule has 3 aromatic rings. The first-order valence-electron chi connectivity index (χ1n) is 8.37. The van der Waals surface area contributed by atoms with Crippen LogP contribution in [0.1, 0.15) is 41.6 Å². The van der Waals surface area contributed by atoms with Crippen molar-refractivity contribution in [3.8, 4) is 11.3 Å². The molecule has 2 aromatic heterocycles. The van der Waals surface area contributed by atoms with Gasteiger partial charge in [0.1, 0.15) is 0 Å². The molecular formula is C19H22N4O2. The number of carbonyl (C=O) groups is 1. The molecule has 0 spiro atoms. The fourth-order valence-electron chi connectivity index (χ4n) is 2.50. The zero-order chi connectivity index (χ0) is 17.8. The van der Waals surface area contributed by atoms with Crippen LogP contribution in [0.4, 0.5) is 0 Å². The van der Waals surface area contributed by atoms with E-state index in [0.717, 1.165) is 16.8 Å². The van der Waals surface area contributed by atoms with Crippen molar-refractivity contribution in [2.45, 2.75) is 33.2 Å². The molecule has 0 saturated heterocycles. The summed E-state index contributed by atoms with van der Waals surface area (Å²) >= 11 is 0. The van der Waals surface area contributed by atoms with Crippen molar-refractivity contribution in [1.29, 1.82) is 0 Å². The van der Waals surface area contributed by atoms with Gasteiger partial charge in [0.2, 0.25) is 0 Å². The van der Waals surface area contributed by atoms with Gasteiger partial charge in [0.15, 0.2) is 17.8 Å². The zero-order valence-electron chi connectivity index (χ0n) is 14.7. The summed E-state index contributed by atoms with van der Waals surface area (Å²) in [6.07, 6.45) is 3.92. The highest BCUT2D eigenvalue weighted by atomic mass is 16.3. The number of rotatable bonds is 6. The number of aryl methyl sites for hydroxylation is 1. The van der Waals surface area contributed by atoms with Gasteiger partial charge in [0, 0.05) is 30.8 Å². The summed E-state index contributed by atoms with van der Waals surface area (Å²) in [6.45, 7) is 6.66. The molecule has 0 fully saturated rings. The monoisotopic (exact) mass is 338 g/mol. The van der Waals surface area contributed by atoms with Crippen LogP contribution in [0.2, 0.25) is 0 Å². The molecule has 0 atom stereocenters. The molecule has 1 aromatic carbocycles. The molecule has 1 N–H and O–H groups in total. The van der Waals surface area contributed by atoms with Gasteiger partial charge < -0.3 is 9.73 Å². The highest BCUT2D eigenvalue weighted by Crippen LogP contribution is 2.23. The maximum absolute atomic E-state index is 12.4. The lowest BCUT2D eigenvalue weighted by Crippen LogP contribution is -2.26. The number of carbonyl (C=O) groups excluding carboxylic acids is 1. The molecule has 6 nitrogen and oxygen atoms in total. The normalized spacial score (nSPS) is 11.0. The lowest BCUT2D eigenvalue weighted by atomic mass is 10.1. The second kappa shape index (κ2) is 7.34. The lowest BCUT2D eigenvalue weighted by Gasteiger charge is -2.05. The number of oxazole rings is 1. The van der Waals surface area contributed by atoms with E-state index in [0.29, 0.717) is 30.5 Å². The Morgan fingerprint density at radius 2 is 2.00 bits per heavy atom. The van der Waals surface area contributed by atoms with Gasteiger partial charge in [-0.1, -0.05) is 29.8 Å². The van der Waals surface area contributed by atoms with Crippen LogP contribution < -0.4 is 5.32 Å². The van der Waals surface area contributed by atoms with Crippen molar-refractivity contribution in [2.24, 2.45) is 0 Å². The number of hydrogen-bond donors (Lipinski definition) is 1. The molecule has 25 heavy (non-hydrogen) atoms. The number of hydrogen-bond acceptors (Lipinski definition) is 4. The number of nitrogens with zero attached hydrogens (tertiary/aromatic N) is 3. The topological polar surface area (TPSA) is 73.0 Å². The Balaban J connectivity index is 1.62. The van der Waals surface area contributed by atoms with Crippen LogP contribution in [-0.2, 0) is 6.42 Å². The third-order valence-corrected chi connectivity index (χ3v) is 3.96. The summed E-state index contributed by atoms with van der Waals surface area (Å²) in [6, 6.07) is 10.1. The predicted octanol–water partition coefficient (Wildman–Crippen LogP) is 3.40. The number of benzene rings is 1. The van der Waals surface area contributed by atoms with E-state index >= 15 is 0 Å². The van der Waals surface area contributed by atoms with Crippen molar-refractivity contribution in [1.82, 2.24) is 20.1 Å². The van der Waals surface area contributed by atoms with Gasteiger partial charge in [-0.05, 0) is 26.8 Å². The van der Waals surface area contributed by atoms with Gasteiger partial charge in [-0.2, -0.15) is 5.10 Å². The second-order valence-corrected chi connectivity index (χ2v) is 6.28. The Labute approximate surface area is 146 Å². The van der Waals surface area contributed by atoms with E-state index in [1.165, 1.54) is 6.39 Å². The number of nitrogens with one attached hydrogen (secondary N) is 1. The van der Waals surface area contributed by atoms with Gasteiger partial charge in [-0.25, -0.2) is 4.98 Å². The van der Waals surface area contributed by atoms with E-state index < -0.39 is 0 Å². The minimum absolute atomic E-state index is 0.243. The van der Waals surface area contributed by atoms with Crippen molar-refractivity contribution < 1.29 is 9.21 Å². The first-order valence-corrected chi connectivity index (χ1v) is 8.37. The molecule has 6 heteroatoms. The Morgan fingerprint density at radius 3 is 2.68 bits per heavy atom. The van der Waals surface area contributed by atoms with E-state index in [2.05, 4.69) is 29.2 Å². The maximum Gasteiger partial charge on any atom is 0.273 e. The first-order chi connectivity index (χ1) is 12.0. The average Bonchev–Trinajstić information content (AvgIpc) is 3.24. The summed E-state index contributed by atoms with van der Waals surface area (Å²) in [5, 5.41) is 7.36. The van der Waals surface area contributed by atoms with Gasteiger partial charge >= 0.3 is 0 Å². The molecule has 1 amide bonds. The third-order valence-electron chi connectivity index (χ3n) is 3.96. The van der Waals surface area contributed by atoms with Crippen LogP contribution in [0.25, 0.3) is 11.3 Å². The highest BCUT2D eigenvalue weighted by molar-refractivity contribution is 5.97. The van der Waals surface area contributed by atoms with Gasteiger partial charge in [0.25, 0.3) is 5.91 Å². The van der Waals surface area contributed by atoms with E-state index in [1.807, 2.05) is 48.1 Å². The van der Waals surface area contributed by atoms with Gasteiger partial charge in [-0.3, -0.25) is 9.48 Å². The Morgan fingerprint density at radius 1 is 1.24 bits per heavy atom. The Hall–Kier alpha value is -2.89. The van der Waals surface area contributed by atoms with E-state index in [-0.39, 0.29) is 5.91 Å². The first kappa shape index (κ1) is 17.0. The molecule has 0 aliphatic carbocycles. The maximum atomic E-state index is 12.4. The predicted molar refractivity (Wildman–Crippen MR) is 95.3 cm³/mol. The minimum atomic E-state index is -0.243. The molecule has 3 rings (SSSR count). The molecule has 0 bridgehead atoms. The largest absolute Gasteiger partial charge is 0.443 e. The van der Waals surface area contributed by atoms with Crippen LogP contribution in [0, 0.1) is 6.92 Å². The van der Waals surface area contributed by atoms with Crippen LogP contribution in [0.5, 0.6) is 0 Å². The fourth-order valence-corrected chi connectivity index (χ4v) is 2.50. The van der Waals surface area contributed by atoms with Gasteiger partial charge in [-0.15, -0.1) is 0 Å². The Kier molecular flexibility index (Phi) is 4.97. The van der Waals surface area contributed by atoms with Crippen LogP contribution in [0.15, 0.2) is 47.3 Å². The molecular weight excluding hydrogens is 316 g/mol. The van der Waals surface area contributed by atoms with Gasteiger partial charge in [0.05, 0.1) is 5.69 Å². The summed E-state index contributed by atoms with van der Waals surface area (Å²) in [5.74, 6) is 0.245. The van der Waals surface area contributed by atoms with Crippen LogP contribution in [0.3, 0.4) is 0 Å². The average molecular weight is 338 g/mol. The summed E-state index contributed by atoms with van der Waals surface area (Å²) in [4.78, 5) is 16.5. The molecule has 0 unspecified atom stereocenters. The second-order valence-electron chi connectivity index (χ2n) is 6.28. The molecule has 0 aliphatic rings. The van der Waals surface area contributed by atoms with E-state index in [1.54, 1.807) is 0 Å². The summed E-state index contributed by atoms with van der Waals surface area (Å²) in [7, 11) is 0. The van der Waals surface area contributed by atoms with Crippen molar-refractivity contribution in [3.63, 3.8) is 0 Å². The highest BCUT2D eigenvalue weighted by Gasteiger charge is 2.18. The van der Waals surface area contributed by atoms with Crippen molar-refractivity contribution in [2.75, 3.05) is 6.54 Å². The standard InChI is InChI=1S/C19H22N4O2/c1-13(2)23-11-9-16(22-23)8-10-20-19(24)17-18(25-12-21-17)15-6-4-14(3)5-7-15/h4-7,9,11-13H,8,10H2,1-3H3,(H,20,24). The summed E-state index contributed by atoms with van der Waals surface area (Å²) < 4.78 is 7.33. The molecule has 0 radical (unpaired) electrons. The van der Waals surface area contributed by atoms with Crippen molar-refractivity contribution >= 4 is 5.91 Å². The zero-order valence-corrected chi connectivity index (χ0v) is 14.7. The van der Waals surface area contributed by atoms with Crippen LogP contribution in [-0.4, -0.2) is 27.2 Å². The molecule has 2 heterocycles.